The Kier molecular flexibility index (Phi) is 4.33. The Morgan fingerprint density at radius 1 is 1.47 bits per heavy atom. The van der Waals surface area contributed by atoms with E-state index in [0.29, 0.717) is 0 Å². The average molecular weight is 281 g/mol. The molecule has 3 nitrogen and oxygen atoms in total. The van der Waals surface area contributed by atoms with Gasteiger partial charge in [0.1, 0.15) is 5.01 Å². The van der Waals surface area contributed by atoms with Crippen molar-refractivity contribution in [2.45, 2.75) is 51.5 Å². The summed E-state index contributed by atoms with van der Waals surface area (Å²) in [5.41, 5.74) is 1.45. The average Bonchev–Trinajstić information content (AvgIpc) is 2.93. The molecule has 0 aliphatic carbocycles. The first kappa shape index (κ1) is 14.9. The Morgan fingerprint density at radius 3 is 2.68 bits per heavy atom. The molecule has 1 fully saturated rings. The van der Waals surface area contributed by atoms with Crippen molar-refractivity contribution in [2.75, 3.05) is 26.7 Å². The molecule has 2 rings (SSSR count). The van der Waals surface area contributed by atoms with E-state index in [1.165, 1.54) is 23.5 Å². The van der Waals surface area contributed by atoms with Gasteiger partial charge in [0.05, 0.1) is 11.2 Å². The fourth-order valence-corrected chi connectivity index (χ4v) is 3.84. The SMILES string of the molecule is CCCNC1(c2nc(C(C)(C)C)cs2)CCN(C)C1. The lowest BCUT2D eigenvalue weighted by Gasteiger charge is -2.28. The summed E-state index contributed by atoms with van der Waals surface area (Å²) in [7, 11) is 2.20. The summed E-state index contributed by atoms with van der Waals surface area (Å²) >= 11 is 1.82. The molecule has 0 spiro atoms. The largest absolute Gasteiger partial charge is 0.304 e. The predicted octanol–water partition coefficient (Wildman–Crippen LogP) is 2.97. The van der Waals surface area contributed by atoms with Gasteiger partial charge in [-0.15, -0.1) is 11.3 Å². The van der Waals surface area contributed by atoms with E-state index in [1.54, 1.807) is 0 Å². The van der Waals surface area contributed by atoms with Gasteiger partial charge < -0.3 is 10.2 Å². The van der Waals surface area contributed by atoms with Crippen molar-refractivity contribution < 1.29 is 0 Å². The number of hydrogen-bond donors (Lipinski definition) is 1. The van der Waals surface area contributed by atoms with Crippen LogP contribution in [0.3, 0.4) is 0 Å². The molecular weight excluding hydrogens is 254 g/mol. The smallest absolute Gasteiger partial charge is 0.114 e. The van der Waals surface area contributed by atoms with E-state index in [0.717, 1.165) is 19.6 Å². The maximum atomic E-state index is 4.95. The third kappa shape index (κ3) is 3.18. The van der Waals surface area contributed by atoms with Crippen LogP contribution >= 0.6 is 11.3 Å². The standard InChI is InChI=1S/C15H27N3S/c1-6-8-16-15(7-9-18(5)11-15)13-17-12(10-19-13)14(2,3)4/h10,16H,6-9,11H2,1-5H3. The molecule has 0 aromatic carbocycles. The van der Waals surface area contributed by atoms with Crippen molar-refractivity contribution in [3.8, 4) is 0 Å². The van der Waals surface area contributed by atoms with Crippen molar-refractivity contribution in [1.82, 2.24) is 15.2 Å². The maximum Gasteiger partial charge on any atom is 0.114 e. The molecule has 4 heteroatoms. The second-order valence-corrected chi connectivity index (χ2v) is 7.64. The number of nitrogens with zero attached hydrogens (tertiary/aromatic N) is 2. The van der Waals surface area contributed by atoms with Crippen LogP contribution in [-0.2, 0) is 11.0 Å². The second-order valence-electron chi connectivity index (χ2n) is 6.78. The fraction of sp³-hybridized carbons (Fsp3) is 0.800. The second kappa shape index (κ2) is 5.51. The van der Waals surface area contributed by atoms with Crippen molar-refractivity contribution in [1.29, 1.82) is 0 Å². The van der Waals surface area contributed by atoms with Crippen LogP contribution in [0.5, 0.6) is 0 Å². The summed E-state index contributed by atoms with van der Waals surface area (Å²) in [5, 5.41) is 7.27. The molecule has 1 unspecified atom stereocenters. The quantitative estimate of drug-likeness (QED) is 0.919. The molecule has 1 N–H and O–H groups in total. The van der Waals surface area contributed by atoms with Gasteiger partial charge in [0.2, 0.25) is 0 Å². The van der Waals surface area contributed by atoms with Crippen LogP contribution in [0.2, 0.25) is 0 Å². The van der Waals surface area contributed by atoms with Crippen LogP contribution in [-0.4, -0.2) is 36.6 Å². The van der Waals surface area contributed by atoms with Gasteiger partial charge in [0, 0.05) is 23.9 Å². The van der Waals surface area contributed by atoms with Crippen molar-refractivity contribution in [2.24, 2.45) is 0 Å². The molecule has 1 aliphatic rings. The molecule has 1 aromatic heterocycles. The van der Waals surface area contributed by atoms with E-state index in [1.807, 2.05) is 11.3 Å². The zero-order chi connectivity index (χ0) is 14.1. The molecule has 19 heavy (non-hydrogen) atoms. The van der Waals surface area contributed by atoms with E-state index >= 15 is 0 Å². The lowest BCUT2D eigenvalue weighted by molar-refractivity contribution is 0.314. The first-order chi connectivity index (χ1) is 8.87. The number of likely N-dealkylation sites (tertiary alicyclic amines) is 1. The highest BCUT2D eigenvalue weighted by molar-refractivity contribution is 7.09. The van der Waals surface area contributed by atoms with Crippen LogP contribution in [0.1, 0.15) is 51.2 Å². The number of nitrogens with one attached hydrogen (secondary N) is 1. The molecule has 0 amide bonds. The molecule has 1 aliphatic heterocycles. The van der Waals surface area contributed by atoms with Crippen LogP contribution in [0.15, 0.2) is 5.38 Å². The first-order valence-electron chi connectivity index (χ1n) is 7.27. The Balaban J connectivity index is 2.26. The number of rotatable bonds is 4. The summed E-state index contributed by atoms with van der Waals surface area (Å²) in [4.78, 5) is 7.36. The van der Waals surface area contributed by atoms with Crippen molar-refractivity contribution in [3.63, 3.8) is 0 Å². The predicted molar refractivity (Wildman–Crippen MR) is 82.9 cm³/mol. The van der Waals surface area contributed by atoms with Gasteiger partial charge in [-0.2, -0.15) is 0 Å². The lowest BCUT2D eigenvalue weighted by atomic mass is 9.93. The molecule has 108 valence electrons. The topological polar surface area (TPSA) is 28.2 Å². The Hall–Kier alpha value is -0.450. The third-order valence-electron chi connectivity index (χ3n) is 3.86. The molecule has 1 atom stereocenters. The summed E-state index contributed by atoms with van der Waals surface area (Å²) < 4.78 is 0. The van der Waals surface area contributed by atoms with E-state index in [4.69, 9.17) is 4.98 Å². The normalized spacial score (nSPS) is 25.1. The van der Waals surface area contributed by atoms with Gasteiger partial charge in [-0.1, -0.05) is 27.7 Å². The highest BCUT2D eigenvalue weighted by Gasteiger charge is 2.40. The number of aromatic nitrogens is 1. The zero-order valence-corrected chi connectivity index (χ0v) is 13.7. The van der Waals surface area contributed by atoms with Crippen LogP contribution in [0.25, 0.3) is 0 Å². The molecule has 0 radical (unpaired) electrons. The fourth-order valence-electron chi connectivity index (χ4n) is 2.60. The summed E-state index contributed by atoms with van der Waals surface area (Å²) in [6.07, 6.45) is 2.34. The summed E-state index contributed by atoms with van der Waals surface area (Å²) in [5.74, 6) is 0. The Bertz CT molecular complexity index is 421. The minimum Gasteiger partial charge on any atom is -0.304 e. The number of likely N-dealkylation sites (N-methyl/N-ethyl adjacent to an activating group) is 1. The molecule has 1 aromatic rings. The number of hydrogen-bond acceptors (Lipinski definition) is 4. The van der Waals surface area contributed by atoms with Gasteiger partial charge in [-0.3, -0.25) is 0 Å². The maximum absolute atomic E-state index is 4.95. The van der Waals surface area contributed by atoms with Crippen LogP contribution < -0.4 is 5.32 Å². The monoisotopic (exact) mass is 281 g/mol. The molecule has 2 heterocycles. The van der Waals surface area contributed by atoms with Gasteiger partial charge in [0.15, 0.2) is 0 Å². The van der Waals surface area contributed by atoms with Crippen molar-refractivity contribution in [3.05, 3.63) is 16.1 Å². The van der Waals surface area contributed by atoms with Gasteiger partial charge in [-0.05, 0) is 26.4 Å². The minimum atomic E-state index is 0.0823. The van der Waals surface area contributed by atoms with Crippen LogP contribution in [0.4, 0.5) is 0 Å². The molecule has 1 saturated heterocycles. The highest BCUT2D eigenvalue weighted by atomic mass is 32.1. The van der Waals surface area contributed by atoms with Crippen molar-refractivity contribution >= 4 is 11.3 Å². The Labute approximate surface area is 121 Å². The molecule has 0 saturated carbocycles. The molecular formula is C15H27N3S. The van der Waals surface area contributed by atoms with Gasteiger partial charge >= 0.3 is 0 Å². The van der Waals surface area contributed by atoms with Crippen LogP contribution in [0, 0.1) is 0 Å². The lowest BCUT2D eigenvalue weighted by Crippen LogP contribution is -2.44. The van der Waals surface area contributed by atoms with Gasteiger partial charge in [0.25, 0.3) is 0 Å². The summed E-state index contributed by atoms with van der Waals surface area (Å²) in [6.45, 7) is 12.2. The Morgan fingerprint density at radius 2 is 2.21 bits per heavy atom. The van der Waals surface area contributed by atoms with E-state index in [2.05, 4.69) is 50.3 Å². The summed E-state index contributed by atoms with van der Waals surface area (Å²) in [6, 6.07) is 0. The number of thiazole rings is 1. The third-order valence-corrected chi connectivity index (χ3v) is 4.90. The molecule has 0 bridgehead atoms. The minimum absolute atomic E-state index is 0.0823. The van der Waals surface area contributed by atoms with Gasteiger partial charge in [-0.25, -0.2) is 4.98 Å². The van der Waals surface area contributed by atoms with E-state index in [-0.39, 0.29) is 11.0 Å². The van der Waals surface area contributed by atoms with E-state index in [9.17, 15) is 0 Å². The highest BCUT2D eigenvalue weighted by Crippen LogP contribution is 2.35. The first-order valence-corrected chi connectivity index (χ1v) is 8.15. The van der Waals surface area contributed by atoms with E-state index < -0.39 is 0 Å². The zero-order valence-electron chi connectivity index (χ0n) is 12.9.